The van der Waals surface area contributed by atoms with Gasteiger partial charge in [0.05, 0.1) is 33.4 Å². The number of thiophene rings is 1. The fourth-order valence-electron chi connectivity index (χ4n) is 4.34. The molecule has 2 fully saturated rings. The number of carbonyl (C=O) groups excluding carboxylic acids is 1. The molecule has 3 aliphatic rings. The lowest BCUT2D eigenvalue weighted by Gasteiger charge is -2.23. The third-order valence-corrected chi connectivity index (χ3v) is 7.22. The van der Waals surface area contributed by atoms with Crippen molar-refractivity contribution >= 4 is 27.3 Å². The number of allylic oxidation sites excluding steroid dienone is 1. The number of hydrazine groups is 1. The van der Waals surface area contributed by atoms with Gasteiger partial charge in [-0.1, -0.05) is 0 Å². The summed E-state index contributed by atoms with van der Waals surface area (Å²) in [6.45, 7) is 5.74. The van der Waals surface area contributed by atoms with E-state index in [0.717, 1.165) is 33.8 Å². The average molecular weight is 446 g/mol. The Morgan fingerprint density at radius 1 is 1.42 bits per heavy atom. The molecule has 2 aliphatic heterocycles. The van der Waals surface area contributed by atoms with Crippen LogP contribution in [0.1, 0.15) is 60.5 Å². The maximum absolute atomic E-state index is 13.6. The molecule has 0 aromatic carbocycles. The van der Waals surface area contributed by atoms with Gasteiger partial charge in [-0.05, 0) is 39.7 Å². The quantitative estimate of drug-likeness (QED) is 0.651. The zero-order valence-corrected chi connectivity index (χ0v) is 18.9. The summed E-state index contributed by atoms with van der Waals surface area (Å²) in [5, 5.41) is 16.4. The summed E-state index contributed by atoms with van der Waals surface area (Å²) in [7, 11) is 1.63. The van der Waals surface area contributed by atoms with E-state index in [4.69, 9.17) is 4.84 Å². The van der Waals surface area contributed by atoms with Crippen LogP contribution in [0.5, 0.6) is 0 Å². The van der Waals surface area contributed by atoms with Gasteiger partial charge in [-0.3, -0.25) is 14.4 Å². The average Bonchev–Trinajstić information content (AvgIpc) is 3.26. The highest BCUT2D eigenvalue weighted by molar-refractivity contribution is 7.19. The fraction of sp³-hybridized carbons (Fsp3) is 0.571. The SMILES string of the molecule is CC1=CC(C)(Cc2sc3c(C4CC4)nn(C)c(=O)c3c2C(=O)N2C[C@](C)(O)CO2)NN1. The van der Waals surface area contributed by atoms with Crippen LogP contribution in [0.25, 0.3) is 10.1 Å². The maximum Gasteiger partial charge on any atom is 0.279 e. The maximum atomic E-state index is 13.6. The third kappa shape index (κ3) is 3.57. The molecule has 2 aromatic rings. The van der Waals surface area contributed by atoms with E-state index in [1.54, 1.807) is 14.0 Å². The summed E-state index contributed by atoms with van der Waals surface area (Å²) in [4.78, 5) is 33.1. The molecule has 3 N–H and O–H groups in total. The molecule has 1 saturated heterocycles. The monoisotopic (exact) mass is 445 g/mol. The number of β-amino-alcohol motifs (C(OH)–C–C–N with tert-alkyl or cyclic N) is 1. The van der Waals surface area contributed by atoms with Gasteiger partial charge in [-0.2, -0.15) is 5.10 Å². The van der Waals surface area contributed by atoms with E-state index in [-0.39, 0.29) is 24.6 Å². The van der Waals surface area contributed by atoms with Gasteiger partial charge in [-0.25, -0.2) is 15.2 Å². The van der Waals surface area contributed by atoms with Crippen molar-refractivity contribution < 1.29 is 14.7 Å². The van der Waals surface area contributed by atoms with Gasteiger partial charge in [0.2, 0.25) is 0 Å². The molecule has 2 atom stereocenters. The van der Waals surface area contributed by atoms with E-state index in [0.29, 0.717) is 23.3 Å². The molecule has 1 aliphatic carbocycles. The number of aliphatic hydroxyl groups is 1. The Bertz CT molecular complexity index is 1180. The van der Waals surface area contributed by atoms with E-state index < -0.39 is 11.1 Å². The zero-order chi connectivity index (χ0) is 22.1. The molecule has 166 valence electrons. The van der Waals surface area contributed by atoms with Crippen molar-refractivity contribution in [2.75, 3.05) is 13.2 Å². The summed E-state index contributed by atoms with van der Waals surface area (Å²) in [6, 6.07) is 0. The summed E-state index contributed by atoms with van der Waals surface area (Å²) in [5.41, 5.74) is 6.85. The summed E-state index contributed by atoms with van der Waals surface area (Å²) in [6.07, 6.45) is 4.69. The standard InChI is InChI=1S/C21H27N5O4S/c1-11-7-20(2,24-22-11)8-13-14(19(28)26-9-21(3,29)10-30-26)15-17(31-13)16(12-5-6-12)23-25(4)18(15)27/h7,12,22,24,29H,5-6,8-10H2,1-4H3/t20?,21-/m0/s1. The van der Waals surface area contributed by atoms with Crippen molar-refractivity contribution in [2.24, 2.45) is 7.05 Å². The first kappa shape index (κ1) is 20.6. The largest absolute Gasteiger partial charge is 0.386 e. The van der Waals surface area contributed by atoms with Crippen molar-refractivity contribution in [2.45, 2.75) is 57.1 Å². The second-order valence-corrected chi connectivity index (χ2v) is 10.6. The molecule has 2 aromatic heterocycles. The number of rotatable bonds is 4. The highest BCUT2D eigenvalue weighted by Gasteiger charge is 2.40. The number of nitrogens with zero attached hydrogens (tertiary/aromatic N) is 3. The van der Waals surface area contributed by atoms with Gasteiger partial charge in [0.1, 0.15) is 12.2 Å². The molecule has 9 nitrogen and oxygen atoms in total. The minimum atomic E-state index is -1.11. The Kier molecular flexibility index (Phi) is 4.57. The molecule has 1 saturated carbocycles. The van der Waals surface area contributed by atoms with Gasteiger partial charge in [0.25, 0.3) is 11.5 Å². The number of carbonyl (C=O) groups is 1. The Balaban J connectivity index is 1.69. The highest BCUT2D eigenvalue weighted by Crippen LogP contribution is 2.45. The lowest BCUT2D eigenvalue weighted by molar-refractivity contribution is -0.0796. The number of hydroxylamine groups is 2. The lowest BCUT2D eigenvalue weighted by atomic mass is 9.95. The first-order valence-electron chi connectivity index (χ1n) is 10.5. The summed E-state index contributed by atoms with van der Waals surface area (Å²) < 4.78 is 2.14. The molecule has 10 heteroatoms. The Morgan fingerprint density at radius 3 is 2.74 bits per heavy atom. The molecule has 4 heterocycles. The van der Waals surface area contributed by atoms with Gasteiger partial charge in [0, 0.05) is 30.0 Å². The van der Waals surface area contributed by atoms with Crippen LogP contribution in [-0.2, 0) is 18.3 Å². The number of aryl methyl sites for hydroxylation is 1. The van der Waals surface area contributed by atoms with Crippen LogP contribution in [0.3, 0.4) is 0 Å². The molecule has 0 radical (unpaired) electrons. The predicted octanol–water partition coefficient (Wildman–Crippen LogP) is 1.32. The molecule has 0 spiro atoms. The van der Waals surface area contributed by atoms with Gasteiger partial charge < -0.3 is 10.5 Å². The second-order valence-electron chi connectivity index (χ2n) is 9.48. The number of aromatic nitrogens is 2. The van der Waals surface area contributed by atoms with Crippen LogP contribution >= 0.6 is 11.3 Å². The Morgan fingerprint density at radius 2 is 2.16 bits per heavy atom. The first-order valence-corrected chi connectivity index (χ1v) is 11.3. The molecular weight excluding hydrogens is 418 g/mol. The molecular formula is C21H27N5O4S. The fourth-order valence-corrected chi connectivity index (χ4v) is 5.86. The van der Waals surface area contributed by atoms with Crippen LogP contribution in [0.4, 0.5) is 0 Å². The number of fused-ring (bicyclic) bond motifs is 1. The van der Waals surface area contributed by atoms with E-state index in [9.17, 15) is 14.7 Å². The van der Waals surface area contributed by atoms with E-state index in [2.05, 4.69) is 22.0 Å². The van der Waals surface area contributed by atoms with E-state index in [1.807, 2.05) is 13.8 Å². The topological polar surface area (TPSA) is 109 Å². The number of hydrogen-bond donors (Lipinski definition) is 3. The van der Waals surface area contributed by atoms with E-state index >= 15 is 0 Å². The number of hydrogen-bond acceptors (Lipinski definition) is 8. The van der Waals surface area contributed by atoms with Crippen molar-refractivity contribution in [3.63, 3.8) is 0 Å². The molecule has 31 heavy (non-hydrogen) atoms. The summed E-state index contributed by atoms with van der Waals surface area (Å²) >= 11 is 1.48. The van der Waals surface area contributed by atoms with Crippen LogP contribution in [0.2, 0.25) is 0 Å². The zero-order valence-electron chi connectivity index (χ0n) is 18.1. The smallest absolute Gasteiger partial charge is 0.279 e. The van der Waals surface area contributed by atoms with Crippen molar-refractivity contribution in [1.82, 2.24) is 25.7 Å². The first-order chi connectivity index (χ1) is 14.6. The van der Waals surface area contributed by atoms with Gasteiger partial charge in [0.15, 0.2) is 0 Å². The van der Waals surface area contributed by atoms with Crippen LogP contribution in [0, 0.1) is 0 Å². The molecule has 1 amide bonds. The molecule has 1 unspecified atom stereocenters. The minimum absolute atomic E-state index is 0.0359. The lowest BCUT2D eigenvalue weighted by Crippen LogP contribution is -2.44. The van der Waals surface area contributed by atoms with Crippen LogP contribution in [0.15, 0.2) is 16.6 Å². The Labute approximate surface area is 183 Å². The highest BCUT2D eigenvalue weighted by atomic mass is 32.1. The van der Waals surface area contributed by atoms with Gasteiger partial charge >= 0.3 is 0 Å². The Hall–Kier alpha value is -2.27. The normalized spacial score (nSPS) is 28.3. The summed E-state index contributed by atoms with van der Waals surface area (Å²) in [5.74, 6) is -0.0594. The molecule has 0 bridgehead atoms. The molecule has 5 rings (SSSR count). The third-order valence-electron chi connectivity index (χ3n) is 6.01. The van der Waals surface area contributed by atoms with Crippen molar-refractivity contribution in [1.29, 1.82) is 0 Å². The number of nitrogens with one attached hydrogen (secondary N) is 2. The second kappa shape index (κ2) is 6.86. The van der Waals surface area contributed by atoms with Crippen molar-refractivity contribution in [3.8, 4) is 0 Å². The predicted molar refractivity (Wildman–Crippen MR) is 117 cm³/mol. The van der Waals surface area contributed by atoms with Crippen LogP contribution < -0.4 is 16.4 Å². The number of amides is 1. The van der Waals surface area contributed by atoms with Crippen molar-refractivity contribution in [3.05, 3.63) is 38.3 Å². The van der Waals surface area contributed by atoms with Crippen LogP contribution in [-0.4, -0.2) is 50.1 Å². The van der Waals surface area contributed by atoms with E-state index in [1.165, 1.54) is 21.1 Å². The minimum Gasteiger partial charge on any atom is -0.386 e. The van der Waals surface area contributed by atoms with Gasteiger partial charge in [-0.15, -0.1) is 11.3 Å².